The predicted molar refractivity (Wildman–Crippen MR) is 110 cm³/mol. The largest absolute Gasteiger partial charge is 0.496 e. The van der Waals surface area contributed by atoms with Crippen LogP contribution in [0.5, 0.6) is 5.75 Å². The van der Waals surface area contributed by atoms with Crippen LogP contribution in [0.15, 0.2) is 41.3 Å². The Kier molecular flexibility index (Phi) is 5.86. The maximum Gasteiger partial charge on any atom is 0.267 e. The van der Waals surface area contributed by atoms with Crippen molar-refractivity contribution >= 4 is 39.1 Å². The summed E-state index contributed by atoms with van der Waals surface area (Å²) in [6.45, 7) is 3.48. The first-order chi connectivity index (χ1) is 13.6. The van der Waals surface area contributed by atoms with Crippen LogP contribution in [-0.4, -0.2) is 37.7 Å². The maximum atomic E-state index is 13.1. The Bertz CT molecular complexity index is 1080. The summed E-state index contributed by atoms with van der Waals surface area (Å²) in [6.07, 6.45) is 0.0950. The lowest BCUT2D eigenvalue weighted by Gasteiger charge is -2.24. The van der Waals surface area contributed by atoms with Gasteiger partial charge in [-0.1, -0.05) is 11.6 Å². The summed E-state index contributed by atoms with van der Waals surface area (Å²) in [4.78, 5) is 25.2. The number of amides is 2. The van der Waals surface area contributed by atoms with E-state index in [2.05, 4.69) is 5.32 Å². The summed E-state index contributed by atoms with van der Waals surface area (Å²) in [5.74, 6) is -0.634. The molecule has 0 saturated carbocycles. The van der Waals surface area contributed by atoms with E-state index in [1.54, 1.807) is 32.0 Å². The molecule has 1 atom stereocenters. The molecule has 0 spiro atoms. The smallest absolute Gasteiger partial charge is 0.267 e. The lowest BCUT2D eigenvalue weighted by molar-refractivity contribution is -0.128. The molecule has 1 saturated heterocycles. The number of aryl methyl sites for hydroxylation is 2. The van der Waals surface area contributed by atoms with Crippen molar-refractivity contribution in [1.82, 2.24) is 4.31 Å². The van der Waals surface area contributed by atoms with Crippen molar-refractivity contribution in [2.24, 2.45) is 0 Å². The molecule has 2 aromatic carbocycles. The van der Waals surface area contributed by atoms with E-state index < -0.39 is 27.9 Å². The summed E-state index contributed by atoms with van der Waals surface area (Å²) in [7, 11) is -2.71. The second kappa shape index (κ2) is 8.04. The van der Waals surface area contributed by atoms with E-state index in [0.717, 1.165) is 5.56 Å². The van der Waals surface area contributed by atoms with Gasteiger partial charge in [0.05, 0.1) is 12.0 Å². The molecule has 2 amide bonds. The summed E-state index contributed by atoms with van der Waals surface area (Å²) in [6, 6.07) is 8.14. The van der Waals surface area contributed by atoms with Crippen molar-refractivity contribution in [2.45, 2.75) is 37.6 Å². The number of benzene rings is 2. The Morgan fingerprint density at radius 2 is 1.90 bits per heavy atom. The fourth-order valence-corrected chi connectivity index (χ4v) is 5.22. The highest BCUT2D eigenvalue weighted by Gasteiger charge is 2.44. The molecule has 0 bridgehead atoms. The highest BCUT2D eigenvalue weighted by Crippen LogP contribution is 2.31. The normalized spacial score (nSPS) is 16.8. The molecule has 0 aromatic heterocycles. The lowest BCUT2D eigenvalue weighted by atomic mass is 10.1. The number of nitrogens with zero attached hydrogens (tertiary/aromatic N) is 1. The van der Waals surface area contributed by atoms with Gasteiger partial charge < -0.3 is 10.1 Å². The van der Waals surface area contributed by atoms with Crippen molar-refractivity contribution in [3.8, 4) is 5.75 Å². The van der Waals surface area contributed by atoms with Crippen LogP contribution in [0, 0.1) is 13.8 Å². The van der Waals surface area contributed by atoms with Gasteiger partial charge in [-0.05, 0) is 67.8 Å². The summed E-state index contributed by atoms with van der Waals surface area (Å²) >= 11 is 5.93. The van der Waals surface area contributed by atoms with Crippen LogP contribution < -0.4 is 10.1 Å². The topological polar surface area (TPSA) is 92.8 Å². The number of nitrogens with one attached hydrogen (secondary N) is 1. The molecule has 0 unspecified atom stereocenters. The van der Waals surface area contributed by atoms with Crippen LogP contribution in [0.1, 0.15) is 24.0 Å². The first-order valence-electron chi connectivity index (χ1n) is 8.94. The van der Waals surface area contributed by atoms with Crippen molar-refractivity contribution in [3.63, 3.8) is 0 Å². The Hall–Kier alpha value is -2.58. The van der Waals surface area contributed by atoms with Crippen LogP contribution in [0.2, 0.25) is 5.02 Å². The fourth-order valence-electron chi connectivity index (χ4n) is 3.31. The minimum Gasteiger partial charge on any atom is -0.496 e. The van der Waals surface area contributed by atoms with E-state index in [9.17, 15) is 18.0 Å². The van der Waals surface area contributed by atoms with Crippen LogP contribution in [0.25, 0.3) is 0 Å². The van der Waals surface area contributed by atoms with Gasteiger partial charge in [-0.25, -0.2) is 12.7 Å². The molecule has 1 heterocycles. The molecule has 154 valence electrons. The average molecular weight is 437 g/mol. The molecule has 2 aromatic rings. The molecule has 1 aliphatic heterocycles. The van der Waals surface area contributed by atoms with Gasteiger partial charge in [0.1, 0.15) is 11.8 Å². The van der Waals surface area contributed by atoms with Gasteiger partial charge in [-0.3, -0.25) is 9.59 Å². The first-order valence-corrected chi connectivity index (χ1v) is 10.8. The summed E-state index contributed by atoms with van der Waals surface area (Å²) < 4.78 is 32.1. The third-order valence-corrected chi connectivity index (χ3v) is 6.89. The third kappa shape index (κ3) is 4.09. The van der Waals surface area contributed by atoms with E-state index in [-0.39, 0.29) is 17.7 Å². The number of carbonyl (C=O) groups excluding carboxylic acids is 2. The van der Waals surface area contributed by atoms with E-state index >= 15 is 0 Å². The molecular weight excluding hydrogens is 416 g/mol. The third-order valence-electron chi connectivity index (χ3n) is 4.83. The second-order valence-electron chi connectivity index (χ2n) is 6.83. The Labute approximate surface area is 174 Å². The number of rotatable bonds is 5. The number of hydrogen-bond donors (Lipinski definition) is 1. The monoisotopic (exact) mass is 436 g/mol. The van der Waals surface area contributed by atoms with Crippen LogP contribution in [0.3, 0.4) is 0 Å². The Balaban J connectivity index is 1.91. The number of carbonyl (C=O) groups is 2. The van der Waals surface area contributed by atoms with E-state index in [4.69, 9.17) is 16.3 Å². The molecular formula is C20H21ClN2O5S. The van der Waals surface area contributed by atoms with Gasteiger partial charge in [-0.2, -0.15) is 0 Å². The molecule has 0 radical (unpaired) electrons. The zero-order valence-electron chi connectivity index (χ0n) is 16.2. The zero-order chi connectivity index (χ0) is 21.3. The predicted octanol–water partition coefficient (Wildman–Crippen LogP) is 3.28. The van der Waals surface area contributed by atoms with Gasteiger partial charge in [0.25, 0.3) is 10.0 Å². The fraction of sp³-hybridized carbons (Fsp3) is 0.300. The minimum atomic E-state index is -4.19. The Morgan fingerprint density at radius 1 is 1.17 bits per heavy atom. The number of hydrogen-bond acceptors (Lipinski definition) is 5. The second-order valence-corrected chi connectivity index (χ2v) is 9.08. The van der Waals surface area contributed by atoms with Crippen molar-refractivity contribution in [1.29, 1.82) is 0 Å². The summed E-state index contributed by atoms with van der Waals surface area (Å²) in [5.41, 5.74) is 1.85. The highest BCUT2D eigenvalue weighted by atomic mass is 35.5. The zero-order valence-corrected chi connectivity index (χ0v) is 17.8. The maximum absolute atomic E-state index is 13.1. The van der Waals surface area contributed by atoms with Gasteiger partial charge >= 0.3 is 0 Å². The molecule has 7 nitrogen and oxygen atoms in total. The number of halogens is 1. The molecule has 3 rings (SSSR count). The quantitative estimate of drug-likeness (QED) is 0.776. The van der Waals surface area contributed by atoms with Crippen LogP contribution in [-0.2, 0) is 19.6 Å². The number of methoxy groups -OCH3 is 1. The van der Waals surface area contributed by atoms with Crippen molar-refractivity contribution in [2.75, 3.05) is 12.4 Å². The van der Waals surface area contributed by atoms with Gasteiger partial charge in [-0.15, -0.1) is 0 Å². The van der Waals surface area contributed by atoms with Gasteiger partial charge in [0.2, 0.25) is 11.8 Å². The molecule has 1 aliphatic rings. The first kappa shape index (κ1) is 21.1. The summed E-state index contributed by atoms with van der Waals surface area (Å²) in [5, 5.41) is 3.23. The average Bonchev–Trinajstić information content (AvgIpc) is 3.06. The Morgan fingerprint density at radius 3 is 2.52 bits per heavy atom. The van der Waals surface area contributed by atoms with Crippen LogP contribution in [0.4, 0.5) is 5.69 Å². The van der Waals surface area contributed by atoms with Gasteiger partial charge in [0.15, 0.2) is 0 Å². The highest BCUT2D eigenvalue weighted by molar-refractivity contribution is 7.89. The van der Waals surface area contributed by atoms with E-state index in [1.807, 2.05) is 0 Å². The standard InChI is InChI=1S/C20H21ClN2O5S/c1-12-10-14(21)4-6-16(12)22-20(25)17-7-9-19(24)23(17)29(26,27)15-5-8-18(28-3)13(2)11-15/h4-6,8,10-11,17H,7,9H2,1-3H3,(H,22,25)/t17-/m0/s1. The van der Waals surface area contributed by atoms with Crippen LogP contribution >= 0.6 is 11.6 Å². The van der Waals surface area contributed by atoms with Gasteiger partial charge in [0, 0.05) is 17.1 Å². The van der Waals surface area contributed by atoms with E-state index in [0.29, 0.717) is 26.3 Å². The molecule has 0 aliphatic carbocycles. The van der Waals surface area contributed by atoms with E-state index in [1.165, 1.54) is 25.3 Å². The molecule has 1 N–H and O–H groups in total. The van der Waals surface area contributed by atoms with Crippen molar-refractivity contribution in [3.05, 3.63) is 52.5 Å². The minimum absolute atomic E-state index is 0.0218. The van der Waals surface area contributed by atoms with Crippen molar-refractivity contribution < 1.29 is 22.7 Å². The molecule has 1 fully saturated rings. The lowest BCUT2D eigenvalue weighted by Crippen LogP contribution is -2.45. The number of sulfonamides is 1. The number of ether oxygens (including phenoxy) is 1. The SMILES string of the molecule is COc1ccc(S(=O)(=O)N2C(=O)CC[C@H]2C(=O)Nc2ccc(Cl)cc2C)cc1C. The molecule has 9 heteroatoms. The molecule has 29 heavy (non-hydrogen) atoms. The number of anilines is 1.